The summed E-state index contributed by atoms with van der Waals surface area (Å²) in [5.41, 5.74) is 4.10. The molecule has 10 heteroatoms. The van der Waals surface area contributed by atoms with Crippen molar-refractivity contribution >= 4 is 22.8 Å². The Balaban J connectivity index is 1.58. The molecule has 0 bridgehead atoms. The van der Waals surface area contributed by atoms with Gasteiger partial charge in [-0.1, -0.05) is 0 Å². The van der Waals surface area contributed by atoms with Crippen LogP contribution in [0.5, 0.6) is 0 Å². The zero-order valence-electron chi connectivity index (χ0n) is 15.8. The average molecular weight is 428 g/mol. The highest BCUT2D eigenvalue weighted by molar-refractivity contribution is 5.92. The average Bonchev–Trinajstić information content (AvgIpc) is 3.49. The minimum atomic E-state index is -1.56. The van der Waals surface area contributed by atoms with Gasteiger partial charge in [0.2, 0.25) is 5.43 Å². The Morgan fingerprint density at radius 3 is 2.65 bits per heavy atom. The van der Waals surface area contributed by atoms with E-state index in [9.17, 15) is 27.9 Å². The molecule has 0 amide bonds. The van der Waals surface area contributed by atoms with Crippen LogP contribution in [-0.2, 0) is 0 Å². The molecule has 4 unspecified atom stereocenters. The third kappa shape index (κ3) is 2.25. The molecule has 2 aliphatic carbocycles. The molecule has 0 radical (unpaired) electrons. The van der Waals surface area contributed by atoms with Gasteiger partial charge < -0.3 is 15.7 Å². The summed E-state index contributed by atoms with van der Waals surface area (Å²) in [6, 6.07) is 3.76. The maximum Gasteiger partial charge on any atom is 0.341 e. The molecule has 3 aliphatic rings. The summed E-state index contributed by atoms with van der Waals surface area (Å²) in [6.45, 7) is 1.12. The number of carbonyl (C=O) groups is 1. The van der Waals surface area contributed by atoms with E-state index in [-0.39, 0.29) is 34.0 Å². The fraction of sp³-hybridized carbons (Fsp3) is 0.286. The van der Waals surface area contributed by atoms with Gasteiger partial charge in [0.15, 0.2) is 17.3 Å². The highest BCUT2D eigenvalue weighted by Crippen LogP contribution is 2.81. The molecule has 1 spiro atoms. The van der Waals surface area contributed by atoms with Crippen LogP contribution in [0.2, 0.25) is 0 Å². The summed E-state index contributed by atoms with van der Waals surface area (Å²) >= 11 is 0. The highest BCUT2D eigenvalue weighted by atomic mass is 19.1. The minimum Gasteiger partial charge on any atom is -0.477 e. The smallest absolute Gasteiger partial charge is 0.341 e. The summed E-state index contributed by atoms with van der Waals surface area (Å²) in [5, 5.41) is 9.09. The van der Waals surface area contributed by atoms with Crippen molar-refractivity contribution in [2.45, 2.75) is 6.04 Å². The van der Waals surface area contributed by atoms with Crippen molar-refractivity contribution in [3.8, 4) is 5.69 Å². The van der Waals surface area contributed by atoms with E-state index in [0.29, 0.717) is 31.0 Å². The number of carboxylic acid groups (broad SMARTS) is 1. The van der Waals surface area contributed by atoms with Gasteiger partial charge in [-0.05, 0) is 30.0 Å². The van der Waals surface area contributed by atoms with E-state index in [1.165, 1.54) is 0 Å². The van der Waals surface area contributed by atoms with Gasteiger partial charge in [-0.3, -0.25) is 9.36 Å². The number of aromatic carboxylic acids is 1. The third-order valence-corrected chi connectivity index (χ3v) is 7.03. The quantitative estimate of drug-likeness (QED) is 0.661. The van der Waals surface area contributed by atoms with Crippen LogP contribution in [0.1, 0.15) is 10.4 Å². The van der Waals surface area contributed by atoms with Crippen molar-refractivity contribution in [2.24, 2.45) is 23.0 Å². The highest BCUT2D eigenvalue weighted by Gasteiger charge is 2.87. The van der Waals surface area contributed by atoms with E-state index in [0.717, 1.165) is 29.0 Å². The van der Waals surface area contributed by atoms with Crippen molar-refractivity contribution in [1.29, 1.82) is 0 Å². The van der Waals surface area contributed by atoms with Gasteiger partial charge >= 0.3 is 5.97 Å². The predicted octanol–water partition coefficient (Wildman–Crippen LogP) is 1.89. The number of piperidine rings is 1. The molecule has 2 aromatic heterocycles. The first-order chi connectivity index (χ1) is 14.7. The van der Waals surface area contributed by atoms with Crippen molar-refractivity contribution in [3.63, 3.8) is 0 Å². The summed E-state index contributed by atoms with van der Waals surface area (Å²) in [5.74, 6) is -3.28. The maximum absolute atomic E-state index is 15.0. The number of hydrogen-bond acceptors (Lipinski definition) is 5. The van der Waals surface area contributed by atoms with Gasteiger partial charge in [0.25, 0.3) is 0 Å². The Bertz CT molecular complexity index is 1390. The van der Waals surface area contributed by atoms with E-state index >= 15 is 0 Å². The van der Waals surface area contributed by atoms with Crippen LogP contribution in [0.3, 0.4) is 0 Å². The summed E-state index contributed by atoms with van der Waals surface area (Å²) in [6.07, 6.45) is 0.922. The molecule has 4 atom stereocenters. The maximum atomic E-state index is 15.0. The van der Waals surface area contributed by atoms with Crippen molar-refractivity contribution < 1.29 is 23.1 Å². The first-order valence-electron chi connectivity index (χ1n) is 9.69. The molecule has 1 saturated heterocycles. The lowest BCUT2D eigenvalue weighted by Gasteiger charge is -2.21. The van der Waals surface area contributed by atoms with Crippen molar-refractivity contribution in [3.05, 3.63) is 63.7 Å². The molecule has 1 aliphatic heterocycles. The van der Waals surface area contributed by atoms with Gasteiger partial charge in [0, 0.05) is 36.8 Å². The van der Waals surface area contributed by atoms with Crippen LogP contribution in [0, 0.1) is 34.7 Å². The number of pyridine rings is 2. The zero-order valence-corrected chi connectivity index (χ0v) is 15.8. The normalized spacial score (nSPS) is 27.9. The van der Waals surface area contributed by atoms with Crippen LogP contribution < -0.4 is 16.1 Å². The topological polar surface area (TPSA) is 101 Å². The molecule has 3 aromatic rings. The second-order valence-electron chi connectivity index (χ2n) is 8.46. The molecule has 31 heavy (non-hydrogen) atoms. The van der Waals surface area contributed by atoms with E-state index in [4.69, 9.17) is 5.73 Å². The predicted molar refractivity (Wildman–Crippen MR) is 104 cm³/mol. The van der Waals surface area contributed by atoms with Crippen molar-refractivity contribution in [2.75, 3.05) is 18.0 Å². The number of benzene rings is 1. The number of hydrogen-bond donors (Lipinski definition) is 2. The van der Waals surface area contributed by atoms with Crippen LogP contribution in [0.15, 0.2) is 35.3 Å². The Kier molecular flexibility index (Phi) is 3.34. The molecular formula is C21H15F3N4O3. The molecule has 3 fully saturated rings. The number of nitrogens with two attached hydrogens (primary N) is 1. The van der Waals surface area contributed by atoms with Crippen LogP contribution in [0.4, 0.5) is 19.0 Å². The van der Waals surface area contributed by atoms with Gasteiger partial charge in [-0.2, -0.15) is 0 Å². The second-order valence-corrected chi connectivity index (χ2v) is 8.46. The Morgan fingerprint density at radius 1 is 1.23 bits per heavy atom. The first kappa shape index (κ1) is 18.4. The molecule has 3 heterocycles. The molecule has 2 saturated carbocycles. The minimum absolute atomic E-state index is 0.00864. The van der Waals surface area contributed by atoms with Crippen LogP contribution in [0.25, 0.3) is 16.7 Å². The molecular weight excluding hydrogens is 413 g/mol. The largest absolute Gasteiger partial charge is 0.477 e. The standard InChI is InChI=1S/C21H15F3N4O3/c22-8-1-2-14(12(23)3-8)28-5-10(20(30)31)16(29)9-4-13(24)19(26-18(9)28)27-6-11-15-17(25)21(11,15)7-27/h1-5,11,15,17H,6-7,25H2,(H,30,31). The Hall–Kier alpha value is -3.40. The molecule has 7 nitrogen and oxygen atoms in total. The zero-order chi connectivity index (χ0) is 21.8. The summed E-state index contributed by atoms with van der Waals surface area (Å²) in [7, 11) is 0. The van der Waals surface area contributed by atoms with E-state index in [2.05, 4.69) is 4.98 Å². The Morgan fingerprint density at radius 2 is 2.00 bits per heavy atom. The lowest BCUT2D eigenvalue weighted by molar-refractivity contribution is 0.0695. The Labute approximate surface area is 172 Å². The van der Waals surface area contributed by atoms with Crippen LogP contribution in [-0.4, -0.2) is 39.8 Å². The molecule has 158 valence electrons. The number of rotatable bonds is 3. The van der Waals surface area contributed by atoms with Gasteiger partial charge in [0.1, 0.15) is 17.2 Å². The van der Waals surface area contributed by atoms with E-state index in [1.807, 2.05) is 0 Å². The second kappa shape index (κ2) is 5.64. The summed E-state index contributed by atoms with van der Waals surface area (Å²) in [4.78, 5) is 30.3. The van der Waals surface area contributed by atoms with Gasteiger partial charge in [-0.15, -0.1) is 0 Å². The van der Waals surface area contributed by atoms with E-state index in [1.54, 1.807) is 4.90 Å². The fourth-order valence-electron chi connectivity index (χ4n) is 5.33. The third-order valence-electron chi connectivity index (χ3n) is 7.03. The SMILES string of the molecule is NC1C2C3CN(c4nc5c(cc4F)c(=O)c(C(=O)O)cn5-c4ccc(F)cc4F)CC132. The van der Waals surface area contributed by atoms with Crippen molar-refractivity contribution in [1.82, 2.24) is 9.55 Å². The molecule has 6 rings (SSSR count). The fourth-order valence-corrected chi connectivity index (χ4v) is 5.33. The lowest BCUT2D eigenvalue weighted by Crippen LogP contribution is -2.26. The number of anilines is 1. The van der Waals surface area contributed by atoms with Gasteiger partial charge in [0.05, 0.1) is 11.1 Å². The van der Waals surface area contributed by atoms with Gasteiger partial charge in [-0.25, -0.2) is 22.9 Å². The lowest BCUT2D eigenvalue weighted by atomic mass is 10.1. The number of fused-ring (bicyclic) bond motifs is 2. The van der Waals surface area contributed by atoms with E-state index < -0.39 is 34.4 Å². The number of halogens is 3. The number of aromatic nitrogens is 2. The van der Waals surface area contributed by atoms with Crippen LogP contribution >= 0.6 is 0 Å². The molecule has 1 aromatic carbocycles. The first-order valence-corrected chi connectivity index (χ1v) is 9.69. The number of carboxylic acids is 1. The summed E-state index contributed by atoms with van der Waals surface area (Å²) < 4.78 is 43.9. The number of nitrogens with zero attached hydrogens (tertiary/aromatic N) is 3. The molecule has 3 N–H and O–H groups in total. The monoisotopic (exact) mass is 428 g/mol.